The molecule has 0 aromatic heterocycles. The molecule has 0 nitrogen and oxygen atoms in total. The largest absolute Gasteiger partial charge is 0.176 e. The maximum Gasteiger partial charge on any atom is 0.00167 e. The minimum absolute atomic E-state index is 0.664. The van der Waals surface area contributed by atoms with Gasteiger partial charge in [0.25, 0.3) is 0 Å². The topological polar surface area (TPSA) is 0 Å². The van der Waals surface area contributed by atoms with Crippen molar-refractivity contribution in [1.82, 2.24) is 0 Å². The van der Waals surface area contributed by atoms with E-state index in [1.54, 1.807) is 0 Å². The molecule has 0 saturated carbocycles. The zero-order valence-electron chi connectivity index (χ0n) is 7.97. The SMILES string of the molecule is CCCCCC[C@@H](S)CCC. The van der Waals surface area contributed by atoms with Crippen LogP contribution >= 0.6 is 12.6 Å². The lowest BCUT2D eigenvalue weighted by Gasteiger charge is -2.07. The van der Waals surface area contributed by atoms with Crippen molar-refractivity contribution in [2.24, 2.45) is 0 Å². The summed E-state index contributed by atoms with van der Waals surface area (Å²) in [5.41, 5.74) is 0. The van der Waals surface area contributed by atoms with E-state index >= 15 is 0 Å². The van der Waals surface area contributed by atoms with Gasteiger partial charge in [0.15, 0.2) is 0 Å². The summed E-state index contributed by atoms with van der Waals surface area (Å²) in [4.78, 5) is 0. The first-order valence-electron chi connectivity index (χ1n) is 4.99. The van der Waals surface area contributed by atoms with Crippen LogP contribution in [-0.2, 0) is 0 Å². The Kier molecular flexibility index (Phi) is 8.72. The monoisotopic (exact) mass is 174 g/mol. The molecule has 0 bridgehead atoms. The Bertz CT molecular complexity index is 71.3. The van der Waals surface area contributed by atoms with Crippen LogP contribution in [0, 0.1) is 0 Å². The van der Waals surface area contributed by atoms with E-state index in [1.807, 2.05) is 0 Å². The fourth-order valence-electron chi connectivity index (χ4n) is 1.28. The third-order valence-corrected chi connectivity index (χ3v) is 2.53. The lowest BCUT2D eigenvalue weighted by Crippen LogP contribution is -1.97. The summed E-state index contributed by atoms with van der Waals surface area (Å²) >= 11 is 4.51. The van der Waals surface area contributed by atoms with Crippen LogP contribution in [0.5, 0.6) is 0 Å². The molecule has 0 aromatic rings. The standard InChI is InChI=1S/C10H22S/c1-3-5-6-7-9-10(11)8-4-2/h10-11H,3-9H2,1-2H3/t10-/m0/s1. The van der Waals surface area contributed by atoms with Crippen molar-refractivity contribution in [2.75, 3.05) is 0 Å². The lowest BCUT2D eigenvalue weighted by atomic mass is 10.1. The lowest BCUT2D eigenvalue weighted by molar-refractivity contribution is 0.597. The van der Waals surface area contributed by atoms with Crippen LogP contribution in [0.3, 0.4) is 0 Å². The third kappa shape index (κ3) is 8.25. The molecule has 0 radical (unpaired) electrons. The van der Waals surface area contributed by atoms with Crippen LogP contribution in [0.15, 0.2) is 0 Å². The van der Waals surface area contributed by atoms with Gasteiger partial charge in [0.05, 0.1) is 0 Å². The zero-order chi connectivity index (χ0) is 8.53. The number of unbranched alkanes of at least 4 members (excludes halogenated alkanes) is 3. The Morgan fingerprint density at radius 2 is 1.64 bits per heavy atom. The van der Waals surface area contributed by atoms with Gasteiger partial charge in [0, 0.05) is 5.25 Å². The predicted molar refractivity (Wildman–Crippen MR) is 56.4 cm³/mol. The van der Waals surface area contributed by atoms with Gasteiger partial charge in [-0.2, -0.15) is 12.6 Å². The predicted octanol–water partition coefficient (Wildman–Crippen LogP) is 4.06. The molecule has 68 valence electrons. The fourth-order valence-corrected chi connectivity index (χ4v) is 1.73. The van der Waals surface area contributed by atoms with Gasteiger partial charge in [0.2, 0.25) is 0 Å². The minimum Gasteiger partial charge on any atom is -0.176 e. The molecule has 0 heterocycles. The second-order valence-corrected chi connectivity index (χ2v) is 4.02. The molecular weight excluding hydrogens is 152 g/mol. The molecule has 0 aliphatic heterocycles. The van der Waals surface area contributed by atoms with Crippen LogP contribution in [0.1, 0.15) is 58.8 Å². The maximum absolute atomic E-state index is 4.51. The molecule has 0 fully saturated rings. The van der Waals surface area contributed by atoms with Crippen molar-refractivity contribution < 1.29 is 0 Å². The van der Waals surface area contributed by atoms with E-state index < -0.39 is 0 Å². The van der Waals surface area contributed by atoms with Crippen LogP contribution in [0.4, 0.5) is 0 Å². The van der Waals surface area contributed by atoms with Crippen LogP contribution in [0.25, 0.3) is 0 Å². The summed E-state index contributed by atoms with van der Waals surface area (Å²) in [5.74, 6) is 0. The average molecular weight is 174 g/mol. The molecule has 1 atom stereocenters. The fraction of sp³-hybridized carbons (Fsp3) is 1.00. The molecule has 1 heteroatoms. The highest BCUT2D eigenvalue weighted by Gasteiger charge is 1.99. The first-order chi connectivity index (χ1) is 5.31. The normalized spacial score (nSPS) is 13.4. The molecule has 0 aliphatic rings. The minimum atomic E-state index is 0.664. The van der Waals surface area contributed by atoms with Gasteiger partial charge in [-0.25, -0.2) is 0 Å². The molecule has 0 saturated heterocycles. The molecule has 0 aliphatic carbocycles. The average Bonchev–Trinajstić information content (AvgIpc) is 1.99. The number of rotatable bonds is 7. The van der Waals surface area contributed by atoms with Crippen molar-refractivity contribution in [1.29, 1.82) is 0 Å². The van der Waals surface area contributed by atoms with Crippen LogP contribution in [-0.4, -0.2) is 5.25 Å². The van der Waals surface area contributed by atoms with Crippen molar-refractivity contribution in [2.45, 2.75) is 64.0 Å². The second kappa shape index (κ2) is 8.45. The molecule has 0 N–H and O–H groups in total. The third-order valence-electron chi connectivity index (χ3n) is 2.01. The van der Waals surface area contributed by atoms with Gasteiger partial charge in [-0.15, -0.1) is 0 Å². The highest BCUT2D eigenvalue weighted by Crippen LogP contribution is 2.13. The van der Waals surface area contributed by atoms with E-state index in [4.69, 9.17) is 0 Å². The molecular formula is C10H22S. The molecule has 0 aromatic carbocycles. The van der Waals surface area contributed by atoms with Gasteiger partial charge in [-0.05, 0) is 12.8 Å². The first kappa shape index (κ1) is 11.4. The summed E-state index contributed by atoms with van der Waals surface area (Å²) in [7, 11) is 0. The second-order valence-electron chi connectivity index (χ2n) is 3.29. The van der Waals surface area contributed by atoms with Crippen LogP contribution in [0.2, 0.25) is 0 Å². The number of hydrogen-bond donors (Lipinski definition) is 1. The summed E-state index contributed by atoms with van der Waals surface area (Å²) < 4.78 is 0. The highest BCUT2D eigenvalue weighted by atomic mass is 32.1. The van der Waals surface area contributed by atoms with Crippen LogP contribution < -0.4 is 0 Å². The smallest absolute Gasteiger partial charge is 0.00167 e. The van der Waals surface area contributed by atoms with Crippen molar-refractivity contribution in [3.05, 3.63) is 0 Å². The van der Waals surface area contributed by atoms with E-state index in [0.29, 0.717) is 5.25 Å². The molecule has 0 rings (SSSR count). The summed E-state index contributed by atoms with van der Waals surface area (Å²) in [6, 6.07) is 0. The van der Waals surface area contributed by atoms with E-state index in [1.165, 1.54) is 44.9 Å². The number of hydrogen-bond acceptors (Lipinski definition) is 1. The van der Waals surface area contributed by atoms with E-state index in [0.717, 1.165) is 0 Å². The van der Waals surface area contributed by atoms with E-state index in [9.17, 15) is 0 Å². The highest BCUT2D eigenvalue weighted by molar-refractivity contribution is 7.80. The van der Waals surface area contributed by atoms with Crippen molar-refractivity contribution in [3.63, 3.8) is 0 Å². The van der Waals surface area contributed by atoms with Gasteiger partial charge in [-0.3, -0.25) is 0 Å². The van der Waals surface area contributed by atoms with Gasteiger partial charge in [-0.1, -0.05) is 46.0 Å². The van der Waals surface area contributed by atoms with E-state index in [-0.39, 0.29) is 0 Å². The zero-order valence-corrected chi connectivity index (χ0v) is 8.87. The Labute approximate surface area is 77.2 Å². The Hall–Kier alpha value is 0.350. The molecule has 0 unspecified atom stereocenters. The number of thiol groups is 1. The molecule has 0 spiro atoms. The molecule has 11 heavy (non-hydrogen) atoms. The maximum atomic E-state index is 4.51. The van der Waals surface area contributed by atoms with E-state index in [2.05, 4.69) is 26.5 Å². The Morgan fingerprint density at radius 1 is 0.909 bits per heavy atom. The first-order valence-corrected chi connectivity index (χ1v) is 5.51. The summed E-state index contributed by atoms with van der Waals surface area (Å²) in [6.45, 7) is 4.49. The van der Waals surface area contributed by atoms with Gasteiger partial charge in [0.1, 0.15) is 0 Å². The summed E-state index contributed by atoms with van der Waals surface area (Å²) in [6.07, 6.45) is 9.39. The van der Waals surface area contributed by atoms with Gasteiger partial charge < -0.3 is 0 Å². The van der Waals surface area contributed by atoms with Crippen molar-refractivity contribution >= 4 is 12.6 Å². The van der Waals surface area contributed by atoms with Crippen molar-refractivity contribution in [3.8, 4) is 0 Å². The summed E-state index contributed by atoms with van der Waals surface area (Å²) in [5, 5.41) is 0.664. The Balaban J connectivity index is 2.97. The molecule has 0 amide bonds. The Morgan fingerprint density at radius 3 is 2.18 bits per heavy atom. The quantitative estimate of drug-likeness (QED) is 0.437. The van der Waals surface area contributed by atoms with Gasteiger partial charge >= 0.3 is 0 Å².